The van der Waals surface area contributed by atoms with E-state index in [0.29, 0.717) is 0 Å². The molecule has 2 aliphatic heterocycles. The normalized spacial score (nSPS) is 14.9. The highest BCUT2D eigenvalue weighted by Crippen LogP contribution is 2.55. The van der Waals surface area contributed by atoms with Crippen molar-refractivity contribution in [3.05, 3.63) is 130 Å². The maximum Gasteiger partial charge on any atom is 0.0680 e. The lowest BCUT2D eigenvalue weighted by Gasteiger charge is -2.40. The summed E-state index contributed by atoms with van der Waals surface area (Å²) in [5, 5.41) is 0. The summed E-state index contributed by atoms with van der Waals surface area (Å²) in [5.74, 6) is 0. The molecular weight excluding hydrogens is 424 g/mol. The molecule has 0 amide bonds. The van der Waals surface area contributed by atoms with Gasteiger partial charge in [-0.1, -0.05) is 42.5 Å². The summed E-state index contributed by atoms with van der Waals surface area (Å²) < 4.78 is 0. The number of benzene rings is 4. The van der Waals surface area contributed by atoms with Gasteiger partial charge in [-0.05, 0) is 110 Å². The van der Waals surface area contributed by atoms with Gasteiger partial charge in [-0.15, -0.1) is 0 Å². The minimum atomic E-state index is 0.985. The second-order valence-corrected chi connectivity index (χ2v) is 10.4. The molecular formula is C33H22N2. The molecule has 0 saturated carbocycles. The van der Waals surface area contributed by atoms with Gasteiger partial charge in [-0.25, -0.2) is 0 Å². The molecule has 0 fully saturated rings. The van der Waals surface area contributed by atoms with Gasteiger partial charge in [0.15, 0.2) is 0 Å². The molecule has 4 aliphatic rings. The molecule has 2 aliphatic carbocycles. The zero-order valence-electron chi connectivity index (χ0n) is 19.3. The Morgan fingerprint density at radius 1 is 0.514 bits per heavy atom. The van der Waals surface area contributed by atoms with Crippen LogP contribution in [0.5, 0.6) is 0 Å². The van der Waals surface area contributed by atoms with Crippen LogP contribution in [0.3, 0.4) is 0 Å². The van der Waals surface area contributed by atoms with E-state index in [2.05, 4.69) is 82.7 Å². The monoisotopic (exact) mass is 446 g/mol. The van der Waals surface area contributed by atoms with E-state index in [4.69, 9.17) is 0 Å². The van der Waals surface area contributed by atoms with Crippen molar-refractivity contribution in [3.8, 4) is 22.3 Å². The minimum absolute atomic E-state index is 0.985. The highest BCUT2D eigenvalue weighted by Gasteiger charge is 2.36. The van der Waals surface area contributed by atoms with Crippen LogP contribution in [0.1, 0.15) is 44.5 Å². The van der Waals surface area contributed by atoms with Crippen LogP contribution in [0.15, 0.2) is 85.2 Å². The van der Waals surface area contributed by atoms with Crippen LogP contribution in [0, 0.1) is 0 Å². The minimum Gasteiger partial charge on any atom is -0.308 e. The fraction of sp³-hybridized carbons (Fsp3) is 0.121. The average Bonchev–Trinajstić information content (AvgIpc) is 3.44. The molecule has 35 heavy (non-hydrogen) atoms. The molecule has 4 aromatic carbocycles. The Morgan fingerprint density at radius 3 is 2.14 bits per heavy atom. The van der Waals surface area contributed by atoms with Crippen molar-refractivity contribution in [2.75, 3.05) is 4.90 Å². The van der Waals surface area contributed by atoms with Crippen molar-refractivity contribution < 1.29 is 0 Å². The largest absolute Gasteiger partial charge is 0.308 e. The molecule has 9 rings (SSSR count). The number of hydrogen-bond donors (Lipinski definition) is 0. The van der Waals surface area contributed by atoms with E-state index in [9.17, 15) is 0 Å². The second kappa shape index (κ2) is 6.28. The zero-order chi connectivity index (χ0) is 22.7. The third-order valence-electron chi connectivity index (χ3n) is 8.61. The summed E-state index contributed by atoms with van der Waals surface area (Å²) in [7, 11) is 0. The van der Waals surface area contributed by atoms with Gasteiger partial charge in [-0.2, -0.15) is 0 Å². The number of fused-ring (bicyclic) bond motifs is 11. The zero-order valence-corrected chi connectivity index (χ0v) is 19.3. The first-order valence-electron chi connectivity index (χ1n) is 12.6. The van der Waals surface area contributed by atoms with E-state index in [1.807, 2.05) is 12.4 Å². The smallest absolute Gasteiger partial charge is 0.0680 e. The fourth-order valence-electron chi connectivity index (χ4n) is 7.10. The summed E-state index contributed by atoms with van der Waals surface area (Å²) in [4.78, 5) is 7.01. The Morgan fingerprint density at radius 2 is 1.20 bits per heavy atom. The van der Waals surface area contributed by atoms with E-state index >= 15 is 0 Å². The second-order valence-electron chi connectivity index (χ2n) is 10.4. The summed E-state index contributed by atoms with van der Waals surface area (Å²) in [6.07, 6.45) is 8.04. The maximum atomic E-state index is 4.51. The standard InChI is InChI=1S/C33H22N2/c1-3-7-25-19(5-1)11-22-14-27-23(15-26(22)25)16-29-28(27)17-24-12-20-6-2-4-8-31(20)35-32-18-34-10-9-21(32)13-30(29)33(24)35/h1-10,14-15,17-18H,11-13,16H2. The SMILES string of the molecule is c1ccc2c(c1)Cc1cc3c(cc1-2)Cc1c-3cc2c3c1Cc1ccncc1N3c1ccccc1C2. The number of nitrogens with zero attached hydrogens (tertiary/aromatic N) is 2. The summed E-state index contributed by atoms with van der Waals surface area (Å²) in [5.41, 5.74) is 21.4. The fourth-order valence-corrected chi connectivity index (χ4v) is 7.10. The maximum absolute atomic E-state index is 4.51. The molecule has 5 aromatic rings. The van der Waals surface area contributed by atoms with Crippen molar-refractivity contribution in [2.24, 2.45) is 0 Å². The van der Waals surface area contributed by atoms with E-state index in [0.717, 1.165) is 25.7 Å². The van der Waals surface area contributed by atoms with Gasteiger partial charge in [0, 0.05) is 24.7 Å². The highest BCUT2D eigenvalue weighted by atomic mass is 15.2. The number of rotatable bonds is 0. The number of para-hydroxylation sites is 1. The van der Waals surface area contributed by atoms with Crippen LogP contribution in [0.25, 0.3) is 22.3 Å². The van der Waals surface area contributed by atoms with Crippen molar-refractivity contribution in [3.63, 3.8) is 0 Å². The van der Waals surface area contributed by atoms with Crippen LogP contribution < -0.4 is 4.90 Å². The van der Waals surface area contributed by atoms with E-state index < -0.39 is 0 Å². The van der Waals surface area contributed by atoms with Crippen molar-refractivity contribution in [1.29, 1.82) is 0 Å². The Balaban J connectivity index is 1.29. The highest BCUT2D eigenvalue weighted by molar-refractivity contribution is 5.94. The van der Waals surface area contributed by atoms with E-state index in [1.165, 1.54) is 83.8 Å². The van der Waals surface area contributed by atoms with E-state index in [1.54, 1.807) is 0 Å². The third kappa shape index (κ3) is 2.27. The Labute approximate surface area is 204 Å². The summed E-state index contributed by atoms with van der Waals surface area (Å²) in [6.45, 7) is 0. The molecule has 0 radical (unpaired) electrons. The van der Waals surface area contributed by atoms with Gasteiger partial charge in [0.05, 0.1) is 17.6 Å². The molecule has 0 N–H and O–H groups in total. The Kier molecular flexibility index (Phi) is 3.27. The molecule has 0 spiro atoms. The Hall–Kier alpha value is -4.17. The molecule has 2 heteroatoms. The first-order valence-corrected chi connectivity index (χ1v) is 12.6. The van der Waals surface area contributed by atoms with Gasteiger partial charge < -0.3 is 4.90 Å². The van der Waals surface area contributed by atoms with Crippen LogP contribution in [0.4, 0.5) is 17.1 Å². The third-order valence-corrected chi connectivity index (χ3v) is 8.61. The molecule has 0 atom stereocenters. The lowest BCUT2D eigenvalue weighted by molar-refractivity contribution is 0.985. The van der Waals surface area contributed by atoms with E-state index in [-0.39, 0.29) is 0 Å². The van der Waals surface area contributed by atoms with Crippen molar-refractivity contribution in [1.82, 2.24) is 4.98 Å². The van der Waals surface area contributed by atoms with Gasteiger partial charge in [-0.3, -0.25) is 4.98 Å². The summed E-state index contributed by atoms with van der Waals surface area (Å²) in [6, 6.07) is 27.5. The molecule has 0 saturated heterocycles. The molecule has 164 valence electrons. The van der Waals surface area contributed by atoms with Gasteiger partial charge >= 0.3 is 0 Å². The van der Waals surface area contributed by atoms with Crippen LogP contribution in [0.2, 0.25) is 0 Å². The lowest BCUT2D eigenvalue weighted by atomic mass is 9.82. The van der Waals surface area contributed by atoms with Crippen LogP contribution >= 0.6 is 0 Å². The first kappa shape index (κ1) is 18.2. The van der Waals surface area contributed by atoms with Gasteiger partial charge in [0.1, 0.15) is 0 Å². The molecule has 3 heterocycles. The number of anilines is 3. The predicted molar refractivity (Wildman–Crippen MR) is 141 cm³/mol. The lowest BCUT2D eigenvalue weighted by Crippen LogP contribution is -2.25. The topological polar surface area (TPSA) is 16.1 Å². The van der Waals surface area contributed by atoms with Crippen LogP contribution in [-0.4, -0.2) is 4.98 Å². The average molecular weight is 447 g/mol. The molecule has 0 bridgehead atoms. The number of aromatic nitrogens is 1. The van der Waals surface area contributed by atoms with Crippen molar-refractivity contribution in [2.45, 2.75) is 25.7 Å². The van der Waals surface area contributed by atoms with Gasteiger partial charge in [0.25, 0.3) is 0 Å². The predicted octanol–water partition coefficient (Wildman–Crippen LogP) is 7.50. The quantitative estimate of drug-likeness (QED) is 0.240. The van der Waals surface area contributed by atoms with Gasteiger partial charge in [0.2, 0.25) is 0 Å². The molecule has 1 aromatic heterocycles. The first-order chi connectivity index (χ1) is 17.3. The van der Waals surface area contributed by atoms with Crippen molar-refractivity contribution >= 4 is 17.1 Å². The Bertz CT molecular complexity index is 1750. The molecule has 2 nitrogen and oxygen atoms in total. The van der Waals surface area contributed by atoms with Crippen LogP contribution in [-0.2, 0) is 25.7 Å². The number of pyridine rings is 1. The molecule has 0 unspecified atom stereocenters. The number of hydrogen-bond acceptors (Lipinski definition) is 2. The summed E-state index contributed by atoms with van der Waals surface area (Å²) >= 11 is 0.